The number of pyridine rings is 1. The minimum absolute atomic E-state index is 0.311. The van der Waals surface area contributed by atoms with Gasteiger partial charge in [0.1, 0.15) is 5.82 Å². The Labute approximate surface area is 162 Å². The van der Waals surface area contributed by atoms with E-state index >= 15 is 0 Å². The van der Waals surface area contributed by atoms with Crippen LogP contribution in [-0.4, -0.2) is 24.0 Å². The quantitative estimate of drug-likeness (QED) is 0.770. The van der Waals surface area contributed by atoms with Crippen LogP contribution in [0.2, 0.25) is 0 Å². The Balaban J connectivity index is 1.61. The van der Waals surface area contributed by atoms with Crippen LogP contribution in [0.15, 0.2) is 48.7 Å². The van der Waals surface area contributed by atoms with Crippen molar-refractivity contribution in [2.24, 2.45) is 0 Å². The number of carbonyl (C=O) groups excluding carboxylic acids is 1. The van der Waals surface area contributed by atoms with Gasteiger partial charge in [0.25, 0.3) is 0 Å². The van der Waals surface area contributed by atoms with E-state index in [2.05, 4.69) is 15.2 Å². The highest BCUT2D eigenvalue weighted by atomic mass is 19.4. The maximum Gasteiger partial charge on any atom is 0.416 e. The van der Waals surface area contributed by atoms with Gasteiger partial charge in [0.2, 0.25) is 5.91 Å². The summed E-state index contributed by atoms with van der Waals surface area (Å²) in [6.07, 6.45) is 3.42. The lowest BCUT2D eigenvalue weighted by molar-refractivity contribution is -0.137. The Bertz CT molecular complexity index is 843. The number of alkyl halides is 3. The Kier molecular flexibility index (Phi) is 6.34. The van der Waals surface area contributed by atoms with Crippen LogP contribution in [0.4, 0.5) is 19.0 Å². The van der Waals surface area contributed by atoms with Crippen LogP contribution in [0, 0.1) is 0 Å². The Hall–Kier alpha value is -2.83. The molecule has 7 heteroatoms. The zero-order valence-corrected chi connectivity index (χ0v) is 15.4. The van der Waals surface area contributed by atoms with Crippen LogP contribution < -0.4 is 10.2 Å². The normalized spacial score (nSPS) is 15.0. The van der Waals surface area contributed by atoms with E-state index in [-0.39, 0.29) is 5.91 Å². The number of nitrogens with zero attached hydrogens (tertiary/aromatic N) is 2. The fourth-order valence-corrected chi connectivity index (χ4v) is 3.19. The predicted octanol–water partition coefficient (Wildman–Crippen LogP) is 4.42. The fourth-order valence-electron chi connectivity index (χ4n) is 3.19. The van der Waals surface area contributed by atoms with Gasteiger partial charge >= 0.3 is 6.18 Å². The number of carbonyl (C=O) groups is 1. The average molecular weight is 389 g/mol. The van der Waals surface area contributed by atoms with Gasteiger partial charge in [0.05, 0.1) is 5.56 Å². The fraction of sp³-hybridized carbons (Fsp3) is 0.333. The average Bonchev–Trinajstić information content (AvgIpc) is 2.71. The van der Waals surface area contributed by atoms with E-state index in [4.69, 9.17) is 0 Å². The minimum Gasteiger partial charge on any atom is -0.356 e. The standard InChI is InChI=1S/C21H22F3N3O/c22-21(23,24)18-8-4-6-16(14-18)9-10-19(28)26-15-17-7-5-11-25-20(17)27-12-2-1-3-13-27/h4-11,14H,1-3,12-13,15H2,(H,26,28)/b10-9+. The number of hydrogen-bond donors (Lipinski definition) is 1. The van der Waals surface area contributed by atoms with Crippen molar-refractivity contribution in [2.75, 3.05) is 18.0 Å². The molecule has 1 aromatic carbocycles. The summed E-state index contributed by atoms with van der Waals surface area (Å²) in [7, 11) is 0. The summed E-state index contributed by atoms with van der Waals surface area (Å²) in [5.74, 6) is 0.509. The number of piperidine rings is 1. The smallest absolute Gasteiger partial charge is 0.356 e. The van der Waals surface area contributed by atoms with Crippen LogP contribution >= 0.6 is 0 Å². The van der Waals surface area contributed by atoms with E-state index in [1.54, 1.807) is 6.20 Å². The molecule has 0 unspecified atom stereocenters. The van der Waals surface area contributed by atoms with Crippen LogP contribution in [0.3, 0.4) is 0 Å². The third-order valence-corrected chi connectivity index (χ3v) is 4.62. The van der Waals surface area contributed by atoms with Crippen molar-refractivity contribution in [3.8, 4) is 0 Å². The van der Waals surface area contributed by atoms with Crippen molar-refractivity contribution >= 4 is 17.8 Å². The zero-order chi connectivity index (χ0) is 20.0. The first-order chi connectivity index (χ1) is 13.4. The summed E-state index contributed by atoms with van der Waals surface area (Å²) in [5, 5.41) is 2.78. The molecule has 1 aliphatic heterocycles. The van der Waals surface area contributed by atoms with E-state index in [1.807, 2.05) is 12.1 Å². The molecule has 1 aliphatic rings. The molecule has 1 amide bonds. The van der Waals surface area contributed by atoms with Gasteiger partial charge in [-0.3, -0.25) is 4.79 Å². The van der Waals surface area contributed by atoms with Gasteiger partial charge < -0.3 is 10.2 Å². The second kappa shape index (κ2) is 8.91. The van der Waals surface area contributed by atoms with Crippen molar-refractivity contribution in [3.63, 3.8) is 0 Å². The molecule has 0 spiro atoms. The van der Waals surface area contributed by atoms with Crippen molar-refractivity contribution in [3.05, 3.63) is 65.4 Å². The second-order valence-electron chi connectivity index (χ2n) is 6.71. The molecule has 1 fully saturated rings. The highest BCUT2D eigenvalue weighted by Gasteiger charge is 2.30. The van der Waals surface area contributed by atoms with Crippen molar-refractivity contribution < 1.29 is 18.0 Å². The molecule has 1 aromatic heterocycles. The van der Waals surface area contributed by atoms with Crippen LogP contribution in [0.1, 0.15) is 36.0 Å². The summed E-state index contributed by atoms with van der Waals surface area (Å²) >= 11 is 0. The van der Waals surface area contributed by atoms with Gasteiger partial charge in [-0.15, -0.1) is 0 Å². The number of aromatic nitrogens is 1. The van der Waals surface area contributed by atoms with Crippen LogP contribution in [-0.2, 0) is 17.5 Å². The summed E-state index contributed by atoms with van der Waals surface area (Å²) in [6.45, 7) is 2.21. The molecule has 4 nitrogen and oxygen atoms in total. The molecule has 2 heterocycles. The Morgan fingerprint density at radius 3 is 2.68 bits per heavy atom. The number of hydrogen-bond acceptors (Lipinski definition) is 3. The molecule has 0 aliphatic carbocycles. The Morgan fingerprint density at radius 2 is 1.93 bits per heavy atom. The van der Waals surface area contributed by atoms with Gasteiger partial charge in [-0.25, -0.2) is 4.98 Å². The lowest BCUT2D eigenvalue weighted by Gasteiger charge is -2.29. The van der Waals surface area contributed by atoms with Crippen molar-refractivity contribution in [1.29, 1.82) is 0 Å². The number of nitrogens with one attached hydrogen (secondary N) is 1. The lowest BCUT2D eigenvalue weighted by Crippen LogP contribution is -2.32. The molecule has 0 bridgehead atoms. The molecular formula is C21H22F3N3O. The van der Waals surface area contributed by atoms with Gasteiger partial charge in [-0.2, -0.15) is 13.2 Å². The predicted molar refractivity (Wildman–Crippen MR) is 103 cm³/mol. The largest absolute Gasteiger partial charge is 0.416 e. The molecule has 0 radical (unpaired) electrons. The Morgan fingerprint density at radius 1 is 1.14 bits per heavy atom. The molecule has 1 N–H and O–H groups in total. The second-order valence-corrected chi connectivity index (χ2v) is 6.71. The van der Waals surface area contributed by atoms with Gasteiger partial charge in [0.15, 0.2) is 0 Å². The van der Waals surface area contributed by atoms with E-state index < -0.39 is 11.7 Å². The molecule has 3 rings (SSSR count). The number of anilines is 1. The number of amides is 1. The van der Waals surface area contributed by atoms with E-state index in [9.17, 15) is 18.0 Å². The van der Waals surface area contributed by atoms with E-state index in [0.717, 1.165) is 49.4 Å². The first-order valence-electron chi connectivity index (χ1n) is 9.25. The molecule has 28 heavy (non-hydrogen) atoms. The molecule has 0 atom stereocenters. The van der Waals surface area contributed by atoms with E-state index in [1.165, 1.54) is 30.7 Å². The SMILES string of the molecule is O=C(/C=C/c1cccc(C(F)(F)F)c1)NCc1cccnc1N1CCCCC1. The van der Waals surface area contributed by atoms with Crippen LogP contribution in [0.25, 0.3) is 6.08 Å². The molecule has 1 saturated heterocycles. The molecular weight excluding hydrogens is 367 g/mol. The monoisotopic (exact) mass is 389 g/mol. The summed E-state index contributed by atoms with van der Waals surface area (Å²) in [6, 6.07) is 8.61. The third-order valence-electron chi connectivity index (χ3n) is 4.62. The summed E-state index contributed by atoms with van der Waals surface area (Å²) in [5.41, 5.74) is 0.502. The first-order valence-corrected chi connectivity index (χ1v) is 9.25. The number of benzene rings is 1. The number of halogens is 3. The first kappa shape index (κ1) is 19.9. The summed E-state index contributed by atoms with van der Waals surface area (Å²) in [4.78, 5) is 18.8. The van der Waals surface area contributed by atoms with E-state index in [0.29, 0.717) is 12.1 Å². The van der Waals surface area contributed by atoms with Gasteiger partial charge in [-0.1, -0.05) is 18.2 Å². The highest BCUT2D eigenvalue weighted by molar-refractivity contribution is 5.91. The van der Waals surface area contributed by atoms with Gasteiger partial charge in [-0.05, 0) is 49.1 Å². The zero-order valence-electron chi connectivity index (χ0n) is 15.4. The van der Waals surface area contributed by atoms with Crippen LogP contribution in [0.5, 0.6) is 0 Å². The third kappa shape index (κ3) is 5.34. The highest BCUT2D eigenvalue weighted by Crippen LogP contribution is 2.29. The molecule has 2 aromatic rings. The summed E-state index contributed by atoms with van der Waals surface area (Å²) < 4.78 is 38.3. The number of rotatable bonds is 5. The molecule has 148 valence electrons. The van der Waals surface area contributed by atoms with Crippen molar-refractivity contribution in [2.45, 2.75) is 32.0 Å². The van der Waals surface area contributed by atoms with Crippen molar-refractivity contribution in [1.82, 2.24) is 10.3 Å². The maximum atomic E-state index is 12.8. The van der Waals surface area contributed by atoms with Gasteiger partial charge in [0, 0.05) is 37.5 Å². The lowest BCUT2D eigenvalue weighted by atomic mass is 10.1. The topological polar surface area (TPSA) is 45.2 Å². The maximum absolute atomic E-state index is 12.8. The minimum atomic E-state index is -4.41. The molecule has 0 saturated carbocycles.